The number of carboxylic acid groups (broad SMARTS) is 1. The Hall–Kier alpha value is -0.910. The van der Waals surface area contributed by atoms with E-state index in [0.29, 0.717) is 5.25 Å². The van der Waals surface area contributed by atoms with E-state index >= 15 is 0 Å². The van der Waals surface area contributed by atoms with E-state index in [1.807, 2.05) is 11.8 Å². The lowest BCUT2D eigenvalue weighted by Crippen LogP contribution is -2.54. The first-order valence-corrected chi connectivity index (χ1v) is 8.35. The Morgan fingerprint density at radius 2 is 1.75 bits per heavy atom. The summed E-state index contributed by atoms with van der Waals surface area (Å²) >= 11 is 1.88. The van der Waals surface area contributed by atoms with E-state index < -0.39 is 17.4 Å². The molecule has 2 amide bonds. The SMILES string of the molecule is CSC1CCC(NC(=O)N[C@@H](C(=O)O)C(C)(C)C)CC1. The van der Waals surface area contributed by atoms with E-state index in [9.17, 15) is 14.7 Å². The molecule has 0 unspecified atom stereocenters. The number of aliphatic carboxylic acids is 1. The number of nitrogens with one attached hydrogen (secondary N) is 2. The number of rotatable bonds is 4. The maximum Gasteiger partial charge on any atom is 0.326 e. The van der Waals surface area contributed by atoms with Crippen molar-refractivity contribution < 1.29 is 14.7 Å². The molecule has 1 fully saturated rings. The zero-order valence-corrected chi connectivity index (χ0v) is 13.5. The van der Waals surface area contributed by atoms with Gasteiger partial charge in [0.2, 0.25) is 0 Å². The number of thioether (sulfide) groups is 1. The van der Waals surface area contributed by atoms with Crippen molar-refractivity contribution in [1.29, 1.82) is 0 Å². The fraction of sp³-hybridized carbons (Fsp3) is 0.857. The summed E-state index contributed by atoms with van der Waals surface area (Å²) in [6.07, 6.45) is 6.26. The van der Waals surface area contributed by atoms with Crippen LogP contribution in [0.2, 0.25) is 0 Å². The molecule has 0 heterocycles. The molecule has 1 aliphatic carbocycles. The molecular formula is C14H26N2O3S. The number of carboxylic acids is 1. The van der Waals surface area contributed by atoms with Crippen LogP contribution in [0.3, 0.4) is 0 Å². The van der Waals surface area contributed by atoms with E-state index in [4.69, 9.17) is 0 Å². The molecule has 0 radical (unpaired) electrons. The first-order valence-electron chi connectivity index (χ1n) is 7.06. The maximum absolute atomic E-state index is 11.9. The highest BCUT2D eigenvalue weighted by molar-refractivity contribution is 7.99. The zero-order chi connectivity index (χ0) is 15.3. The Morgan fingerprint density at radius 3 is 2.15 bits per heavy atom. The predicted molar refractivity (Wildman–Crippen MR) is 82.1 cm³/mol. The van der Waals surface area contributed by atoms with Crippen molar-refractivity contribution >= 4 is 23.8 Å². The molecule has 0 aromatic heterocycles. The zero-order valence-electron chi connectivity index (χ0n) is 12.7. The number of hydrogen-bond acceptors (Lipinski definition) is 3. The molecule has 1 rings (SSSR count). The van der Waals surface area contributed by atoms with Crippen LogP contribution in [0.1, 0.15) is 46.5 Å². The highest BCUT2D eigenvalue weighted by Gasteiger charge is 2.33. The Kier molecular flexibility index (Phi) is 6.17. The minimum absolute atomic E-state index is 0.160. The number of amides is 2. The molecule has 1 atom stereocenters. The normalized spacial score (nSPS) is 24.8. The van der Waals surface area contributed by atoms with Gasteiger partial charge in [0, 0.05) is 11.3 Å². The second-order valence-electron chi connectivity index (χ2n) is 6.46. The Morgan fingerprint density at radius 1 is 1.20 bits per heavy atom. The van der Waals surface area contributed by atoms with Crippen LogP contribution in [0.25, 0.3) is 0 Å². The Labute approximate surface area is 125 Å². The van der Waals surface area contributed by atoms with Crippen molar-refractivity contribution in [3.05, 3.63) is 0 Å². The van der Waals surface area contributed by atoms with Crippen LogP contribution >= 0.6 is 11.8 Å². The van der Waals surface area contributed by atoms with Gasteiger partial charge in [-0.2, -0.15) is 11.8 Å². The molecular weight excluding hydrogens is 276 g/mol. The Bertz CT molecular complexity index is 347. The van der Waals surface area contributed by atoms with Gasteiger partial charge in [0.1, 0.15) is 6.04 Å². The molecule has 0 aromatic carbocycles. The number of urea groups is 1. The van der Waals surface area contributed by atoms with Gasteiger partial charge in [0.05, 0.1) is 0 Å². The van der Waals surface area contributed by atoms with Crippen LogP contribution in [-0.2, 0) is 4.79 Å². The van der Waals surface area contributed by atoms with Crippen LogP contribution in [0.5, 0.6) is 0 Å². The molecule has 1 aliphatic rings. The van der Waals surface area contributed by atoms with E-state index in [1.165, 1.54) is 0 Å². The predicted octanol–water partition coefficient (Wildman–Crippen LogP) is 2.46. The lowest BCUT2D eigenvalue weighted by Gasteiger charge is -2.31. The molecule has 0 aromatic rings. The molecule has 0 aliphatic heterocycles. The van der Waals surface area contributed by atoms with Gasteiger partial charge >= 0.3 is 12.0 Å². The van der Waals surface area contributed by atoms with E-state index in [-0.39, 0.29) is 12.1 Å². The summed E-state index contributed by atoms with van der Waals surface area (Å²) < 4.78 is 0. The molecule has 20 heavy (non-hydrogen) atoms. The van der Waals surface area contributed by atoms with Gasteiger partial charge < -0.3 is 15.7 Å². The van der Waals surface area contributed by atoms with Gasteiger partial charge in [0.15, 0.2) is 0 Å². The highest BCUT2D eigenvalue weighted by Crippen LogP contribution is 2.26. The van der Waals surface area contributed by atoms with Gasteiger partial charge in [-0.05, 0) is 37.4 Å². The average molecular weight is 302 g/mol. The number of hydrogen-bond donors (Lipinski definition) is 3. The topological polar surface area (TPSA) is 78.4 Å². The standard InChI is InChI=1S/C14H26N2O3S/c1-14(2,3)11(12(17)18)16-13(19)15-9-5-7-10(20-4)8-6-9/h9-11H,5-8H2,1-4H3,(H,17,18)(H2,15,16,19)/t9?,10?,11-/m0/s1. The average Bonchev–Trinajstić information content (AvgIpc) is 2.35. The van der Waals surface area contributed by atoms with E-state index in [0.717, 1.165) is 25.7 Å². The van der Waals surface area contributed by atoms with Gasteiger partial charge in [-0.3, -0.25) is 0 Å². The van der Waals surface area contributed by atoms with Crippen molar-refractivity contribution in [2.24, 2.45) is 5.41 Å². The first-order chi connectivity index (χ1) is 9.24. The minimum atomic E-state index is -1.00. The van der Waals surface area contributed by atoms with Crippen LogP contribution in [0, 0.1) is 5.41 Å². The third-order valence-corrected chi connectivity index (χ3v) is 4.87. The second kappa shape index (κ2) is 7.20. The largest absolute Gasteiger partial charge is 0.480 e. The highest BCUT2D eigenvalue weighted by atomic mass is 32.2. The van der Waals surface area contributed by atoms with Gasteiger partial charge in [-0.25, -0.2) is 9.59 Å². The van der Waals surface area contributed by atoms with Gasteiger partial charge in [-0.1, -0.05) is 20.8 Å². The molecule has 3 N–H and O–H groups in total. The van der Waals surface area contributed by atoms with Crippen molar-refractivity contribution in [2.75, 3.05) is 6.26 Å². The molecule has 0 saturated heterocycles. The van der Waals surface area contributed by atoms with Crippen LogP contribution in [0.4, 0.5) is 4.79 Å². The minimum Gasteiger partial charge on any atom is -0.480 e. The summed E-state index contributed by atoms with van der Waals surface area (Å²) in [4.78, 5) is 23.1. The Balaban J connectivity index is 2.45. The summed E-state index contributed by atoms with van der Waals surface area (Å²) in [5, 5.41) is 15.3. The fourth-order valence-electron chi connectivity index (χ4n) is 2.45. The number of carbonyl (C=O) groups excluding carboxylic acids is 1. The molecule has 0 spiro atoms. The molecule has 6 heteroatoms. The second-order valence-corrected chi connectivity index (χ2v) is 7.60. The fourth-order valence-corrected chi connectivity index (χ4v) is 3.19. The third-order valence-electron chi connectivity index (χ3n) is 3.73. The van der Waals surface area contributed by atoms with Crippen LogP contribution in [-0.4, -0.2) is 40.7 Å². The van der Waals surface area contributed by atoms with Crippen molar-refractivity contribution in [3.8, 4) is 0 Å². The maximum atomic E-state index is 11.9. The molecule has 116 valence electrons. The lowest BCUT2D eigenvalue weighted by atomic mass is 9.87. The van der Waals surface area contributed by atoms with E-state index in [1.54, 1.807) is 20.8 Å². The summed E-state index contributed by atoms with van der Waals surface area (Å²) in [6, 6.07) is -1.10. The molecule has 5 nitrogen and oxygen atoms in total. The smallest absolute Gasteiger partial charge is 0.326 e. The monoisotopic (exact) mass is 302 g/mol. The van der Waals surface area contributed by atoms with Crippen molar-refractivity contribution in [2.45, 2.75) is 63.8 Å². The first kappa shape index (κ1) is 17.1. The van der Waals surface area contributed by atoms with Crippen LogP contribution < -0.4 is 10.6 Å². The molecule has 0 bridgehead atoms. The summed E-state index contributed by atoms with van der Waals surface area (Å²) in [7, 11) is 0. The quantitative estimate of drug-likeness (QED) is 0.745. The third kappa shape index (κ3) is 5.23. The molecule has 1 saturated carbocycles. The van der Waals surface area contributed by atoms with Gasteiger partial charge in [0.25, 0.3) is 0 Å². The summed E-state index contributed by atoms with van der Waals surface area (Å²) in [5.74, 6) is -1.00. The van der Waals surface area contributed by atoms with E-state index in [2.05, 4.69) is 16.9 Å². The van der Waals surface area contributed by atoms with Gasteiger partial charge in [-0.15, -0.1) is 0 Å². The number of carbonyl (C=O) groups is 2. The van der Waals surface area contributed by atoms with Crippen molar-refractivity contribution in [1.82, 2.24) is 10.6 Å². The van der Waals surface area contributed by atoms with Crippen LogP contribution in [0.15, 0.2) is 0 Å². The summed E-state index contributed by atoms with van der Waals surface area (Å²) in [6.45, 7) is 5.40. The van der Waals surface area contributed by atoms with Crippen molar-refractivity contribution in [3.63, 3.8) is 0 Å². The summed E-state index contributed by atoms with van der Waals surface area (Å²) in [5.41, 5.74) is -0.514. The lowest BCUT2D eigenvalue weighted by molar-refractivity contribution is -0.141.